The number of hydrogen-bond acceptors (Lipinski definition) is 4. The van der Waals surface area contributed by atoms with E-state index in [1.807, 2.05) is 6.92 Å². The van der Waals surface area contributed by atoms with E-state index < -0.39 is 10.0 Å². The maximum atomic E-state index is 12.4. The summed E-state index contributed by atoms with van der Waals surface area (Å²) in [5, 5.41) is 9.32. The van der Waals surface area contributed by atoms with Crippen molar-refractivity contribution in [2.24, 2.45) is 0 Å². The van der Waals surface area contributed by atoms with E-state index in [0.29, 0.717) is 31.9 Å². The molecule has 1 heterocycles. The lowest BCUT2D eigenvalue weighted by atomic mass is 10.1. The van der Waals surface area contributed by atoms with Crippen LogP contribution in [0.4, 0.5) is 0 Å². The van der Waals surface area contributed by atoms with Crippen molar-refractivity contribution in [3.8, 4) is 0 Å². The average molecular weight is 285 g/mol. The van der Waals surface area contributed by atoms with E-state index >= 15 is 0 Å². The summed E-state index contributed by atoms with van der Waals surface area (Å²) in [6.07, 6.45) is 0.772. The summed E-state index contributed by atoms with van der Waals surface area (Å²) in [4.78, 5) is 0.246. The third-order valence-electron chi connectivity index (χ3n) is 3.34. The summed E-state index contributed by atoms with van der Waals surface area (Å²) >= 11 is 0. The van der Waals surface area contributed by atoms with Crippen LogP contribution in [0.15, 0.2) is 23.1 Å². The number of morpholine rings is 1. The van der Waals surface area contributed by atoms with Crippen LogP contribution in [0, 0.1) is 0 Å². The van der Waals surface area contributed by atoms with Gasteiger partial charge < -0.3 is 9.84 Å². The Labute approximate surface area is 113 Å². The van der Waals surface area contributed by atoms with Crippen LogP contribution in [0.25, 0.3) is 0 Å². The molecule has 0 amide bonds. The number of benzene rings is 1. The largest absolute Gasteiger partial charge is 0.392 e. The van der Waals surface area contributed by atoms with Crippen molar-refractivity contribution in [3.63, 3.8) is 0 Å². The minimum Gasteiger partial charge on any atom is -0.392 e. The summed E-state index contributed by atoms with van der Waals surface area (Å²) < 4.78 is 31.5. The van der Waals surface area contributed by atoms with E-state index in [2.05, 4.69) is 0 Å². The second kappa shape index (κ2) is 6.00. The number of hydrogen-bond donors (Lipinski definition) is 1. The monoisotopic (exact) mass is 285 g/mol. The summed E-state index contributed by atoms with van der Waals surface area (Å²) in [5.74, 6) is 0. The molecular weight excluding hydrogens is 266 g/mol. The molecule has 0 spiro atoms. The van der Waals surface area contributed by atoms with Crippen molar-refractivity contribution >= 4 is 10.0 Å². The second-order valence-corrected chi connectivity index (χ2v) is 6.40. The van der Waals surface area contributed by atoms with Gasteiger partial charge in [0.15, 0.2) is 0 Å². The van der Waals surface area contributed by atoms with E-state index in [1.165, 1.54) is 4.31 Å². The van der Waals surface area contributed by atoms with Crippen LogP contribution in [0.3, 0.4) is 0 Å². The van der Waals surface area contributed by atoms with Crippen LogP contribution in [0.1, 0.15) is 18.1 Å². The van der Waals surface area contributed by atoms with Gasteiger partial charge in [-0.25, -0.2) is 8.42 Å². The van der Waals surface area contributed by atoms with Gasteiger partial charge in [-0.15, -0.1) is 0 Å². The molecule has 5 nitrogen and oxygen atoms in total. The molecule has 1 aromatic rings. The van der Waals surface area contributed by atoms with Gasteiger partial charge in [-0.3, -0.25) is 0 Å². The number of aliphatic hydroxyl groups is 1. The zero-order valence-corrected chi connectivity index (χ0v) is 11.8. The van der Waals surface area contributed by atoms with Gasteiger partial charge in [0.05, 0.1) is 24.7 Å². The Kier molecular flexibility index (Phi) is 4.57. The molecule has 1 aliphatic heterocycles. The molecule has 1 saturated heterocycles. The molecule has 1 aromatic carbocycles. The van der Waals surface area contributed by atoms with E-state index in [1.54, 1.807) is 18.2 Å². The van der Waals surface area contributed by atoms with Crippen LogP contribution >= 0.6 is 0 Å². The van der Waals surface area contributed by atoms with Crippen molar-refractivity contribution < 1.29 is 18.3 Å². The lowest BCUT2D eigenvalue weighted by Gasteiger charge is -2.26. The smallest absolute Gasteiger partial charge is 0.243 e. The van der Waals surface area contributed by atoms with Gasteiger partial charge in [0, 0.05) is 13.1 Å². The molecule has 1 N–H and O–H groups in total. The van der Waals surface area contributed by atoms with Crippen molar-refractivity contribution in [2.75, 3.05) is 26.3 Å². The quantitative estimate of drug-likeness (QED) is 0.887. The van der Waals surface area contributed by atoms with E-state index in [0.717, 1.165) is 12.0 Å². The summed E-state index contributed by atoms with van der Waals surface area (Å²) in [6.45, 7) is 3.46. The molecule has 1 aliphatic rings. The van der Waals surface area contributed by atoms with Crippen molar-refractivity contribution in [2.45, 2.75) is 24.8 Å². The Morgan fingerprint density at radius 2 is 1.95 bits per heavy atom. The normalized spacial score (nSPS) is 17.6. The van der Waals surface area contributed by atoms with Crippen LogP contribution in [0.2, 0.25) is 0 Å². The van der Waals surface area contributed by atoms with Crippen molar-refractivity contribution in [1.82, 2.24) is 4.31 Å². The highest BCUT2D eigenvalue weighted by Crippen LogP contribution is 2.21. The van der Waals surface area contributed by atoms with Crippen LogP contribution < -0.4 is 0 Å². The van der Waals surface area contributed by atoms with Gasteiger partial charge in [0.2, 0.25) is 10.0 Å². The fourth-order valence-corrected chi connectivity index (χ4v) is 3.65. The van der Waals surface area contributed by atoms with Gasteiger partial charge in [-0.2, -0.15) is 4.31 Å². The number of nitrogens with zero attached hydrogens (tertiary/aromatic N) is 1. The topological polar surface area (TPSA) is 66.8 Å². The number of aliphatic hydroxyl groups excluding tert-OH is 1. The van der Waals surface area contributed by atoms with Crippen molar-refractivity contribution in [3.05, 3.63) is 29.3 Å². The summed E-state index contributed by atoms with van der Waals surface area (Å²) in [7, 11) is -3.48. The van der Waals surface area contributed by atoms with Crippen LogP contribution in [-0.4, -0.2) is 44.1 Å². The highest BCUT2D eigenvalue weighted by Gasteiger charge is 2.26. The molecular formula is C13H19NO4S. The highest BCUT2D eigenvalue weighted by atomic mass is 32.2. The third-order valence-corrected chi connectivity index (χ3v) is 5.23. The molecule has 6 heteroatoms. The van der Waals surface area contributed by atoms with Gasteiger partial charge in [0.25, 0.3) is 0 Å². The second-order valence-electron chi connectivity index (χ2n) is 4.46. The minimum atomic E-state index is -3.48. The highest BCUT2D eigenvalue weighted by molar-refractivity contribution is 7.89. The van der Waals surface area contributed by atoms with Gasteiger partial charge in [-0.1, -0.05) is 13.0 Å². The minimum absolute atomic E-state index is 0.143. The summed E-state index contributed by atoms with van der Waals surface area (Å²) in [6, 6.07) is 4.96. The molecule has 0 saturated carbocycles. The molecule has 19 heavy (non-hydrogen) atoms. The fourth-order valence-electron chi connectivity index (χ4n) is 2.19. The van der Waals surface area contributed by atoms with Gasteiger partial charge in [-0.05, 0) is 29.7 Å². The third kappa shape index (κ3) is 2.97. The zero-order chi connectivity index (χ0) is 13.9. The Bertz CT molecular complexity index is 536. The first-order valence-corrected chi connectivity index (χ1v) is 7.84. The van der Waals surface area contributed by atoms with Gasteiger partial charge >= 0.3 is 0 Å². The number of sulfonamides is 1. The number of ether oxygens (including phenoxy) is 1. The Morgan fingerprint density at radius 1 is 1.26 bits per heavy atom. The first kappa shape index (κ1) is 14.5. The van der Waals surface area contributed by atoms with Crippen molar-refractivity contribution in [1.29, 1.82) is 0 Å². The zero-order valence-electron chi connectivity index (χ0n) is 11.0. The Hall–Kier alpha value is -0.950. The fraction of sp³-hybridized carbons (Fsp3) is 0.538. The molecule has 1 fully saturated rings. The van der Waals surface area contributed by atoms with E-state index in [4.69, 9.17) is 4.74 Å². The molecule has 2 rings (SSSR count). The lowest BCUT2D eigenvalue weighted by Crippen LogP contribution is -2.40. The maximum Gasteiger partial charge on any atom is 0.243 e. The van der Waals surface area contributed by atoms with Gasteiger partial charge in [0.1, 0.15) is 0 Å². The SMILES string of the molecule is CCc1ccc(S(=O)(=O)N2CCOCC2)cc1CO. The predicted molar refractivity (Wildman–Crippen MR) is 71.3 cm³/mol. The number of rotatable bonds is 4. The number of aryl methyl sites for hydroxylation is 1. The first-order valence-electron chi connectivity index (χ1n) is 6.40. The van der Waals surface area contributed by atoms with E-state index in [-0.39, 0.29) is 11.5 Å². The molecule has 106 valence electrons. The Balaban J connectivity index is 2.34. The average Bonchev–Trinajstić information content (AvgIpc) is 2.47. The molecule has 0 atom stereocenters. The molecule has 0 aliphatic carbocycles. The molecule has 0 aromatic heterocycles. The molecule has 0 radical (unpaired) electrons. The molecule has 0 bridgehead atoms. The lowest BCUT2D eigenvalue weighted by molar-refractivity contribution is 0.0730. The van der Waals surface area contributed by atoms with Crippen LogP contribution in [-0.2, 0) is 27.8 Å². The molecule has 0 unspecified atom stereocenters. The maximum absolute atomic E-state index is 12.4. The predicted octanol–water partition coefficient (Wildman–Crippen LogP) is 0.762. The standard InChI is InChI=1S/C13H19NO4S/c1-2-11-3-4-13(9-12(11)10-15)19(16,17)14-5-7-18-8-6-14/h3-4,9,15H,2,5-8,10H2,1H3. The first-order chi connectivity index (χ1) is 9.09. The van der Waals surface area contributed by atoms with E-state index in [9.17, 15) is 13.5 Å². The summed E-state index contributed by atoms with van der Waals surface area (Å²) in [5.41, 5.74) is 1.65. The Morgan fingerprint density at radius 3 is 2.53 bits per heavy atom. The van der Waals surface area contributed by atoms with Crippen LogP contribution in [0.5, 0.6) is 0 Å².